The van der Waals surface area contributed by atoms with Crippen molar-refractivity contribution >= 4 is 62.3 Å². The molecule has 0 aromatic heterocycles. The molecule has 1 aliphatic rings. The first-order chi connectivity index (χ1) is 22.6. The normalized spacial score (nSPS) is 14.3. The molecule has 47 heavy (non-hydrogen) atoms. The Kier molecular flexibility index (Phi) is 11.9. The molecule has 1 atom stereocenters. The highest BCUT2D eigenvalue weighted by molar-refractivity contribution is 7.92. The maximum atomic E-state index is 14.6. The van der Waals surface area contributed by atoms with E-state index in [-0.39, 0.29) is 35.5 Å². The van der Waals surface area contributed by atoms with Crippen molar-refractivity contribution in [1.29, 1.82) is 0 Å². The number of hydrogen-bond acceptors (Lipinski definition) is 4. The van der Waals surface area contributed by atoms with Crippen molar-refractivity contribution in [2.75, 3.05) is 10.8 Å². The van der Waals surface area contributed by atoms with Crippen LogP contribution in [0.1, 0.15) is 43.2 Å². The average Bonchev–Trinajstić information content (AvgIpc) is 3.08. The van der Waals surface area contributed by atoms with E-state index in [4.69, 9.17) is 34.8 Å². The molecule has 1 saturated carbocycles. The third-order valence-corrected chi connectivity index (χ3v) is 11.0. The lowest BCUT2D eigenvalue weighted by atomic mass is 9.94. The molecule has 0 heterocycles. The summed E-state index contributed by atoms with van der Waals surface area (Å²) in [5.41, 5.74) is 1.71. The minimum Gasteiger partial charge on any atom is -0.352 e. The van der Waals surface area contributed by atoms with E-state index in [1.807, 2.05) is 30.3 Å². The molecule has 0 aliphatic heterocycles. The fraction of sp³-hybridized carbons (Fsp3) is 0.278. The van der Waals surface area contributed by atoms with Gasteiger partial charge in [0.15, 0.2) is 0 Å². The van der Waals surface area contributed by atoms with Gasteiger partial charge in [-0.1, -0.05) is 115 Å². The number of carbonyl (C=O) groups is 2. The van der Waals surface area contributed by atoms with Crippen molar-refractivity contribution in [3.05, 3.63) is 129 Å². The van der Waals surface area contributed by atoms with E-state index in [1.54, 1.807) is 54.6 Å². The molecule has 0 saturated heterocycles. The summed E-state index contributed by atoms with van der Waals surface area (Å²) < 4.78 is 29.2. The quantitative estimate of drug-likeness (QED) is 0.162. The molecule has 4 aromatic rings. The first-order valence-corrected chi connectivity index (χ1v) is 18.1. The maximum absolute atomic E-state index is 14.6. The standard InChI is InChI=1S/C36H36Cl3N3O4S/c37-28-13-10-16-30(23-28)42(47(45,46)31-17-8-3-9-18-31)25-35(43)41(24-27-19-20-32(38)33(39)21-27)34(22-26-11-4-1-5-12-26)36(44)40-29-14-6-2-7-15-29/h1,3-5,8-13,16-21,23,29,34H,2,6-7,14-15,22,24-25H2,(H,40,44)/t34-/m0/s1. The van der Waals surface area contributed by atoms with Crippen molar-refractivity contribution in [2.45, 2.75) is 62.0 Å². The van der Waals surface area contributed by atoms with Crippen LogP contribution in [0.4, 0.5) is 5.69 Å². The van der Waals surface area contributed by atoms with E-state index >= 15 is 0 Å². The SMILES string of the molecule is O=C(NC1CCCCC1)[C@H](Cc1ccccc1)N(Cc1ccc(Cl)c(Cl)c1)C(=O)CN(c1cccc(Cl)c1)S(=O)(=O)c1ccccc1. The van der Waals surface area contributed by atoms with Crippen LogP contribution in [0.3, 0.4) is 0 Å². The van der Waals surface area contributed by atoms with E-state index < -0.39 is 28.5 Å². The number of sulfonamides is 1. The molecular formula is C36H36Cl3N3O4S. The van der Waals surface area contributed by atoms with E-state index in [9.17, 15) is 18.0 Å². The fourth-order valence-corrected chi connectivity index (χ4v) is 7.74. The van der Waals surface area contributed by atoms with Gasteiger partial charge >= 0.3 is 0 Å². The molecule has 4 aromatic carbocycles. The molecule has 0 unspecified atom stereocenters. The van der Waals surface area contributed by atoms with Crippen molar-refractivity contribution in [3.63, 3.8) is 0 Å². The second kappa shape index (κ2) is 16.0. The molecule has 1 aliphatic carbocycles. The Hall–Kier alpha value is -3.56. The maximum Gasteiger partial charge on any atom is 0.264 e. The molecule has 1 fully saturated rings. The van der Waals surface area contributed by atoms with Crippen LogP contribution in [0.25, 0.3) is 0 Å². The Bertz CT molecular complexity index is 1790. The summed E-state index contributed by atoms with van der Waals surface area (Å²) in [4.78, 5) is 30.3. The van der Waals surface area contributed by atoms with E-state index in [1.165, 1.54) is 23.1 Å². The number of nitrogens with one attached hydrogen (secondary N) is 1. The second-order valence-corrected chi connectivity index (χ2v) is 14.7. The van der Waals surface area contributed by atoms with Crippen molar-refractivity contribution in [2.24, 2.45) is 0 Å². The predicted molar refractivity (Wildman–Crippen MR) is 188 cm³/mol. The lowest BCUT2D eigenvalue weighted by Crippen LogP contribution is -2.55. The second-order valence-electron chi connectivity index (χ2n) is 11.6. The monoisotopic (exact) mass is 711 g/mol. The highest BCUT2D eigenvalue weighted by atomic mass is 35.5. The fourth-order valence-electron chi connectivity index (χ4n) is 5.81. The Balaban J connectivity index is 1.57. The summed E-state index contributed by atoms with van der Waals surface area (Å²) in [5.74, 6) is -0.871. The van der Waals surface area contributed by atoms with E-state index in [0.717, 1.165) is 42.0 Å². The van der Waals surface area contributed by atoms with Gasteiger partial charge < -0.3 is 10.2 Å². The highest BCUT2D eigenvalue weighted by Crippen LogP contribution is 2.28. The molecule has 11 heteroatoms. The molecule has 0 radical (unpaired) electrons. The summed E-state index contributed by atoms with van der Waals surface area (Å²) in [7, 11) is -4.22. The molecular weight excluding hydrogens is 677 g/mol. The van der Waals surface area contributed by atoms with Gasteiger partial charge in [-0.3, -0.25) is 13.9 Å². The van der Waals surface area contributed by atoms with Crippen molar-refractivity contribution in [3.8, 4) is 0 Å². The predicted octanol–water partition coefficient (Wildman–Crippen LogP) is 7.93. The third kappa shape index (κ3) is 9.08. The van der Waals surface area contributed by atoms with Crippen LogP contribution in [0.15, 0.2) is 108 Å². The summed E-state index contributed by atoms with van der Waals surface area (Å²) >= 11 is 18.9. The number of rotatable bonds is 12. The summed E-state index contributed by atoms with van der Waals surface area (Å²) in [6.07, 6.45) is 5.11. The summed E-state index contributed by atoms with van der Waals surface area (Å²) in [6.45, 7) is -0.596. The zero-order valence-corrected chi connectivity index (χ0v) is 28.8. The Morgan fingerprint density at radius 2 is 1.45 bits per heavy atom. The Morgan fingerprint density at radius 3 is 2.11 bits per heavy atom. The first-order valence-electron chi connectivity index (χ1n) is 15.5. The zero-order valence-electron chi connectivity index (χ0n) is 25.7. The first kappa shape index (κ1) is 34.8. The van der Waals surface area contributed by atoms with Crippen molar-refractivity contribution < 1.29 is 18.0 Å². The number of amides is 2. The van der Waals surface area contributed by atoms with Gasteiger partial charge in [-0.05, 0) is 66.4 Å². The van der Waals surface area contributed by atoms with Gasteiger partial charge in [-0.2, -0.15) is 0 Å². The van der Waals surface area contributed by atoms with Crippen LogP contribution in [-0.2, 0) is 32.6 Å². The Morgan fingerprint density at radius 1 is 0.766 bits per heavy atom. The van der Waals surface area contributed by atoms with Gasteiger partial charge in [0.1, 0.15) is 12.6 Å². The summed E-state index contributed by atoms with van der Waals surface area (Å²) in [5, 5.41) is 4.16. The van der Waals surface area contributed by atoms with Gasteiger partial charge in [0.25, 0.3) is 10.0 Å². The molecule has 7 nitrogen and oxygen atoms in total. The molecule has 2 amide bonds. The van der Waals surface area contributed by atoms with Gasteiger partial charge in [0.2, 0.25) is 11.8 Å². The lowest BCUT2D eigenvalue weighted by molar-refractivity contribution is -0.140. The molecule has 5 rings (SSSR count). The van der Waals surface area contributed by atoms with Gasteiger partial charge in [0.05, 0.1) is 20.6 Å². The molecule has 0 spiro atoms. The van der Waals surface area contributed by atoms with E-state index in [2.05, 4.69) is 5.32 Å². The average molecular weight is 713 g/mol. The van der Waals surface area contributed by atoms with Gasteiger partial charge in [-0.15, -0.1) is 0 Å². The smallest absolute Gasteiger partial charge is 0.264 e. The topological polar surface area (TPSA) is 86.8 Å². The number of nitrogens with zero attached hydrogens (tertiary/aromatic N) is 2. The van der Waals surface area contributed by atoms with Crippen LogP contribution in [0, 0.1) is 0 Å². The number of benzene rings is 4. The van der Waals surface area contributed by atoms with Crippen molar-refractivity contribution in [1.82, 2.24) is 10.2 Å². The number of halogens is 3. The largest absolute Gasteiger partial charge is 0.352 e. The minimum atomic E-state index is -4.22. The number of carbonyl (C=O) groups excluding carboxylic acids is 2. The van der Waals surface area contributed by atoms with Gasteiger partial charge in [0, 0.05) is 24.0 Å². The van der Waals surface area contributed by atoms with E-state index in [0.29, 0.717) is 20.6 Å². The molecule has 1 N–H and O–H groups in total. The van der Waals surface area contributed by atoms with Gasteiger partial charge in [-0.25, -0.2) is 8.42 Å². The van der Waals surface area contributed by atoms with Crippen LogP contribution >= 0.6 is 34.8 Å². The zero-order chi connectivity index (χ0) is 33.4. The van der Waals surface area contributed by atoms with Crippen LogP contribution in [0.5, 0.6) is 0 Å². The minimum absolute atomic E-state index is 0.00197. The number of hydrogen-bond donors (Lipinski definition) is 1. The molecule has 246 valence electrons. The highest BCUT2D eigenvalue weighted by Gasteiger charge is 2.35. The lowest BCUT2D eigenvalue weighted by Gasteiger charge is -2.35. The van der Waals surface area contributed by atoms with Crippen LogP contribution in [0.2, 0.25) is 15.1 Å². The number of anilines is 1. The van der Waals surface area contributed by atoms with Crippen LogP contribution in [-0.4, -0.2) is 43.8 Å². The third-order valence-electron chi connectivity index (χ3n) is 8.27. The van der Waals surface area contributed by atoms with Crippen LogP contribution < -0.4 is 9.62 Å². The Labute approximate surface area is 291 Å². The summed E-state index contributed by atoms with van der Waals surface area (Å²) in [6, 6.07) is 27.7. The molecule has 0 bridgehead atoms.